The van der Waals surface area contributed by atoms with Gasteiger partial charge in [-0.15, -0.1) is 0 Å². The molecule has 0 radical (unpaired) electrons. The van der Waals surface area contributed by atoms with Gasteiger partial charge in [-0.3, -0.25) is 4.90 Å². The van der Waals surface area contributed by atoms with Gasteiger partial charge in [0.25, 0.3) is 0 Å². The largest absolute Gasteiger partial charge is 0.490 e. The zero-order chi connectivity index (χ0) is 14.5. The number of likely N-dealkylation sites (N-methyl/N-ethyl adjacent to an activating group) is 1. The van der Waals surface area contributed by atoms with Crippen LogP contribution in [0.4, 0.5) is 0 Å². The molecule has 1 unspecified atom stereocenters. The van der Waals surface area contributed by atoms with Crippen LogP contribution in [0, 0.1) is 0 Å². The predicted molar refractivity (Wildman–Crippen MR) is 81.4 cm³/mol. The zero-order valence-electron chi connectivity index (χ0n) is 12.8. The topological polar surface area (TPSA) is 47.7 Å². The summed E-state index contributed by atoms with van der Waals surface area (Å²) >= 11 is 0. The fourth-order valence-corrected chi connectivity index (χ4v) is 2.47. The van der Waals surface area contributed by atoms with E-state index >= 15 is 0 Å². The number of hydrogen-bond acceptors (Lipinski definition) is 4. The summed E-state index contributed by atoms with van der Waals surface area (Å²) in [6.07, 6.45) is 0.924. The molecule has 2 rings (SSSR count). The Labute approximate surface area is 121 Å². The summed E-state index contributed by atoms with van der Waals surface area (Å²) in [5.41, 5.74) is 7.45. The third-order valence-electron chi connectivity index (χ3n) is 3.77. The third-order valence-corrected chi connectivity index (χ3v) is 3.77. The summed E-state index contributed by atoms with van der Waals surface area (Å²) in [5, 5.41) is 0. The van der Waals surface area contributed by atoms with Gasteiger partial charge in [0.15, 0.2) is 11.5 Å². The fraction of sp³-hybridized carbons (Fsp3) is 0.625. The van der Waals surface area contributed by atoms with Crippen LogP contribution in [0.15, 0.2) is 18.2 Å². The van der Waals surface area contributed by atoms with Gasteiger partial charge >= 0.3 is 0 Å². The third kappa shape index (κ3) is 3.64. The van der Waals surface area contributed by atoms with Crippen LogP contribution in [-0.4, -0.2) is 37.2 Å². The van der Waals surface area contributed by atoms with Crippen molar-refractivity contribution in [3.8, 4) is 11.5 Å². The van der Waals surface area contributed by atoms with Crippen molar-refractivity contribution >= 4 is 0 Å². The van der Waals surface area contributed by atoms with Crippen LogP contribution in [0.25, 0.3) is 0 Å². The number of rotatable bonds is 5. The highest BCUT2D eigenvalue weighted by atomic mass is 16.5. The van der Waals surface area contributed by atoms with E-state index in [-0.39, 0.29) is 6.04 Å². The van der Waals surface area contributed by atoms with Crippen LogP contribution in [0.1, 0.15) is 38.8 Å². The molecule has 0 saturated carbocycles. The molecule has 0 aromatic heterocycles. The lowest BCUT2D eigenvalue weighted by Crippen LogP contribution is -2.37. The average Bonchev–Trinajstić information content (AvgIpc) is 2.68. The molecular weight excluding hydrogens is 252 g/mol. The molecule has 20 heavy (non-hydrogen) atoms. The molecule has 0 fully saturated rings. The molecule has 2 N–H and O–H groups in total. The number of benzene rings is 1. The van der Waals surface area contributed by atoms with Crippen molar-refractivity contribution in [2.45, 2.75) is 39.3 Å². The first-order chi connectivity index (χ1) is 9.61. The lowest BCUT2D eigenvalue weighted by Gasteiger charge is -2.28. The maximum Gasteiger partial charge on any atom is 0.161 e. The second-order valence-electron chi connectivity index (χ2n) is 5.54. The van der Waals surface area contributed by atoms with Gasteiger partial charge < -0.3 is 15.2 Å². The second-order valence-corrected chi connectivity index (χ2v) is 5.54. The van der Waals surface area contributed by atoms with E-state index in [1.807, 2.05) is 18.2 Å². The van der Waals surface area contributed by atoms with Gasteiger partial charge in [0, 0.05) is 25.0 Å². The smallest absolute Gasteiger partial charge is 0.161 e. The monoisotopic (exact) mass is 278 g/mol. The highest BCUT2D eigenvalue weighted by Crippen LogP contribution is 2.32. The highest BCUT2D eigenvalue weighted by molar-refractivity contribution is 5.44. The van der Waals surface area contributed by atoms with E-state index in [1.165, 1.54) is 0 Å². The van der Waals surface area contributed by atoms with Crippen LogP contribution in [0.2, 0.25) is 0 Å². The Kier molecular flexibility index (Phi) is 5.26. The molecule has 112 valence electrons. The van der Waals surface area contributed by atoms with E-state index in [1.54, 1.807) is 0 Å². The van der Waals surface area contributed by atoms with Crippen LogP contribution >= 0.6 is 0 Å². The molecule has 4 heteroatoms. The first-order valence-electron chi connectivity index (χ1n) is 7.51. The number of hydrogen-bond donors (Lipinski definition) is 1. The number of fused-ring (bicyclic) bond motifs is 1. The molecule has 1 aromatic carbocycles. The second kappa shape index (κ2) is 6.95. The van der Waals surface area contributed by atoms with Crippen molar-refractivity contribution in [2.24, 2.45) is 5.73 Å². The minimum absolute atomic E-state index is 0.00509. The van der Waals surface area contributed by atoms with Gasteiger partial charge in [0.1, 0.15) is 0 Å². The van der Waals surface area contributed by atoms with Gasteiger partial charge in [-0.1, -0.05) is 13.0 Å². The standard InChI is InChI=1S/C16H26N2O2/c1-4-18(12(2)3)11-14(17)13-6-7-15-16(10-13)20-9-5-8-19-15/h6-7,10,12,14H,4-5,8-9,11,17H2,1-3H3. The van der Waals surface area contributed by atoms with Crippen molar-refractivity contribution in [3.63, 3.8) is 0 Å². The summed E-state index contributed by atoms with van der Waals surface area (Å²) in [6.45, 7) is 9.85. The fourth-order valence-electron chi connectivity index (χ4n) is 2.47. The highest BCUT2D eigenvalue weighted by Gasteiger charge is 2.17. The predicted octanol–water partition coefficient (Wildman–Crippen LogP) is 2.58. The maximum atomic E-state index is 6.34. The quantitative estimate of drug-likeness (QED) is 0.899. The van der Waals surface area contributed by atoms with Crippen LogP contribution < -0.4 is 15.2 Å². The molecular formula is C16H26N2O2. The Morgan fingerprint density at radius 3 is 2.55 bits per heavy atom. The Hall–Kier alpha value is -1.26. The van der Waals surface area contributed by atoms with Gasteiger partial charge in [-0.25, -0.2) is 0 Å². The molecule has 0 bridgehead atoms. The Bertz CT molecular complexity index is 434. The van der Waals surface area contributed by atoms with Gasteiger partial charge in [-0.2, -0.15) is 0 Å². The number of nitrogens with two attached hydrogens (primary N) is 1. The molecule has 0 aliphatic carbocycles. The summed E-state index contributed by atoms with van der Waals surface area (Å²) < 4.78 is 11.4. The van der Waals surface area contributed by atoms with Gasteiger partial charge in [0.2, 0.25) is 0 Å². The Balaban J connectivity index is 2.10. The Morgan fingerprint density at radius 2 is 1.90 bits per heavy atom. The zero-order valence-corrected chi connectivity index (χ0v) is 12.8. The van der Waals surface area contributed by atoms with Crippen molar-refractivity contribution < 1.29 is 9.47 Å². The van der Waals surface area contributed by atoms with E-state index < -0.39 is 0 Å². The lowest BCUT2D eigenvalue weighted by atomic mass is 10.1. The summed E-state index contributed by atoms with van der Waals surface area (Å²) in [4.78, 5) is 2.37. The van der Waals surface area contributed by atoms with Crippen LogP contribution in [0.5, 0.6) is 11.5 Å². The maximum absolute atomic E-state index is 6.34. The molecule has 1 aliphatic heterocycles. The lowest BCUT2D eigenvalue weighted by molar-refractivity contribution is 0.219. The van der Waals surface area contributed by atoms with Crippen molar-refractivity contribution in [2.75, 3.05) is 26.3 Å². The first kappa shape index (κ1) is 15.1. The molecule has 0 saturated heterocycles. The molecule has 1 atom stereocenters. The minimum atomic E-state index is -0.00509. The molecule has 1 aromatic rings. The van der Waals surface area contributed by atoms with Crippen molar-refractivity contribution in [1.29, 1.82) is 0 Å². The van der Waals surface area contributed by atoms with Crippen molar-refractivity contribution in [3.05, 3.63) is 23.8 Å². The first-order valence-corrected chi connectivity index (χ1v) is 7.51. The van der Waals surface area contributed by atoms with E-state index in [2.05, 4.69) is 25.7 Å². The molecule has 0 spiro atoms. The van der Waals surface area contributed by atoms with E-state index in [4.69, 9.17) is 15.2 Å². The van der Waals surface area contributed by atoms with Gasteiger partial charge in [0.05, 0.1) is 13.2 Å². The molecule has 0 amide bonds. The molecule has 1 aliphatic rings. The van der Waals surface area contributed by atoms with Crippen molar-refractivity contribution in [1.82, 2.24) is 4.90 Å². The normalized spacial score (nSPS) is 16.3. The van der Waals surface area contributed by atoms with Crippen LogP contribution in [-0.2, 0) is 0 Å². The number of ether oxygens (including phenoxy) is 2. The molecule has 1 heterocycles. The average molecular weight is 278 g/mol. The van der Waals surface area contributed by atoms with Gasteiger partial charge in [-0.05, 0) is 38.1 Å². The number of nitrogens with zero attached hydrogens (tertiary/aromatic N) is 1. The summed E-state index contributed by atoms with van der Waals surface area (Å²) in [5.74, 6) is 1.65. The molecule has 4 nitrogen and oxygen atoms in total. The SMILES string of the molecule is CCN(CC(N)c1ccc2c(c1)OCCCO2)C(C)C. The Morgan fingerprint density at radius 1 is 1.20 bits per heavy atom. The summed E-state index contributed by atoms with van der Waals surface area (Å²) in [7, 11) is 0. The summed E-state index contributed by atoms with van der Waals surface area (Å²) in [6, 6.07) is 6.55. The van der Waals surface area contributed by atoms with E-state index in [9.17, 15) is 0 Å². The van der Waals surface area contributed by atoms with E-state index in [0.29, 0.717) is 12.6 Å². The van der Waals surface area contributed by atoms with E-state index in [0.717, 1.165) is 43.2 Å². The van der Waals surface area contributed by atoms with Crippen LogP contribution in [0.3, 0.4) is 0 Å². The minimum Gasteiger partial charge on any atom is -0.490 e.